The third-order valence-electron chi connectivity index (χ3n) is 4.13. The highest BCUT2D eigenvalue weighted by atomic mass is 19.3. The number of halogens is 2. The molecule has 2 nitrogen and oxygen atoms in total. The molecule has 0 spiro atoms. The summed E-state index contributed by atoms with van der Waals surface area (Å²) in [6.07, 6.45) is 1.86. The van der Waals surface area contributed by atoms with Crippen molar-refractivity contribution in [3.05, 3.63) is 29.3 Å². The third-order valence-corrected chi connectivity index (χ3v) is 4.13. The Balaban J connectivity index is 1.86. The van der Waals surface area contributed by atoms with Gasteiger partial charge in [0.15, 0.2) is 0 Å². The van der Waals surface area contributed by atoms with Gasteiger partial charge in [-0.3, -0.25) is 0 Å². The molecular formula is C14H18F2N2. The summed E-state index contributed by atoms with van der Waals surface area (Å²) in [5.41, 5.74) is 9.64. The van der Waals surface area contributed by atoms with Crippen LogP contribution < -0.4 is 10.6 Å². The maximum Gasteiger partial charge on any atom is 0.251 e. The van der Waals surface area contributed by atoms with Crippen LogP contribution in [0, 0.1) is 0 Å². The molecule has 1 heterocycles. The number of hydrogen-bond donors (Lipinski definition) is 1. The minimum Gasteiger partial charge on any atom is -0.371 e. The van der Waals surface area contributed by atoms with Gasteiger partial charge in [0.1, 0.15) is 0 Å². The number of nitrogens with two attached hydrogens (primary N) is 1. The van der Waals surface area contributed by atoms with Crippen molar-refractivity contribution in [3.8, 4) is 0 Å². The highest BCUT2D eigenvalue weighted by Gasteiger charge is 2.35. The Kier molecular flexibility index (Phi) is 2.77. The maximum atomic E-state index is 13.2. The molecule has 1 fully saturated rings. The normalized spacial score (nSPS) is 26.2. The van der Waals surface area contributed by atoms with Gasteiger partial charge in [-0.2, -0.15) is 0 Å². The molecule has 2 N–H and O–H groups in total. The van der Waals surface area contributed by atoms with Crippen molar-refractivity contribution in [3.63, 3.8) is 0 Å². The van der Waals surface area contributed by atoms with Crippen molar-refractivity contribution in [2.24, 2.45) is 5.73 Å². The molecule has 1 aliphatic heterocycles. The first-order chi connectivity index (χ1) is 8.57. The molecule has 1 saturated heterocycles. The van der Waals surface area contributed by atoms with Crippen LogP contribution in [0.15, 0.2) is 18.2 Å². The van der Waals surface area contributed by atoms with Gasteiger partial charge in [0.2, 0.25) is 0 Å². The molecule has 1 aromatic rings. The van der Waals surface area contributed by atoms with E-state index in [-0.39, 0.29) is 18.9 Å². The molecule has 1 aliphatic carbocycles. The van der Waals surface area contributed by atoms with Crippen molar-refractivity contribution in [2.45, 2.75) is 37.6 Å². The van der Waals surface area contributed by atoms with E-state index >= 15 is 0 Å². The van der Waals surface area contributed by atoms with Gasteiger partial charge in [0.05, 0.1) is 0 Å². The number of rotatable bonds is 1. The van der Waals surface area contributed by atoms with Crippen molar-refractivity contribution >= 4 is 5.69 Å². The quantitative estimate of drug-likeness (QED) is 0.832. The SMILES string of the molecule is NC1CCc2c1cccc2N1CCC(F)(F)CC1. The summed E-state index contributed by atoms with van der Waals surface area (Å²) < 4.78 is 26.4. The van der Waals surface area contributed by atoms with Gasteiger partial charge >= 0.3 is 0 Å². The van der Waals surface area contributed by atoms with E-state index in [9.17, 15) is 8.78 Å². The number of alkyl halides is 2. The van der Waals surface area contributed by atoms with E-state index in [4.69, 9.17) is 5.73 Å². The zero-order chi connectivity index (χ0) is 12.8. The average molecular weight is 252 g/mol. The smallest absolute Gasteiger partial charge is 0.251 e. The van der Waals surface area contributed by atoms with Crippen LogP contribution in [0.3, 0.4) is 0 Å². The van der Waals surface area contributed by atoms with Gasteiger partial charge < -0.3 is 10.6 Å². The lowest BCUT2D eigenvalue weighted by molar-refractivity contribution is -0.0220. The van der Waals surface area contributed by atoms with Crippen LogP contribution in [0.1, 0.15) is 36.4 Å². The summed E-state index contributed by atoms with van der Waals surface area (Å²) in [5.74, 6) is -2.48. The molecule has 2 aliphatic rings. The summed E-state index contributed by atoms with van der Waals surface area (Å²) >= 11 is 0. The Morgan fingerprint density at radius 2 is 1.94 bits per heavy atom. The van der Waals surface area contributed by atoms with Crippen molar-refractivity contribution in [1.82, 2.24) is 0 Å². The van der Waals surface area contributed by atoms with Crippen molar-refractivity contribution in [1.29, 1.82) is 0 Å². The number of hydrogen-bond acceptors (Lipinski definition) is 2. The van der Waals surface area contributed by atoms with E-state index in [0.29, 0.717) is 13.1 Å². The number of fused-ring (bicyclic) bond motifs is 1. The van der Waals surface area contributed by atoms with E-state index in [1.54, 1.807) is 0 Å². The minimum atomic E-state index is -2.48. The van der Waals surface area contributed by atoms with Gasteiger partial charge in [-0.1, -0.05) is 12.1 Å². The first-order valence-corrected chi connectivity index (χ1v) is 6.57. The lowest BCUT2D eigenvalue weighted by atomic mass is 10.0. The summed E-state index contributed by atoms with van der Waals surface area (Å²) in [6.45, 7) is 0.886. The topological polar surface area (TPSA) is 29.3 Å². The van der Waals surface area contributed by atoms with Crippen molar-refractivity contribution in [2.75, 3.05) is 18.0 Å². The summed E-state index contributed by atoms with van der Waals surface area (Å²) in [5, 5.41) is 0. The first-order valence-electron chi connectivity index (χ1n) is 6.57. The first kappa shape index (κ1) is 11.9. The van der Waals surface area contributed by atoms with E-state index in [2.05, 4.69) is 11.0 Å². The summed E-state index contributed by atoms with van der Waals surface area (Å²) in [4.78, 5) is 2.09. The molecule has 3 rings (SSSR count). The fourth-order valence-corrected chi connectivity index (χ4v) is 3.04. The van der Waals surface area contributed by atoms with E-state index in [0.717, 1.165) is 18.5 Å². The average Bonchev–Trinajstić information content (AvgIpc) is 2.72. The van der Waals surface area contributed by atoms with E-state index in [1.165, 1.54) is 11.1 Å². The molecule has 1 atom stereocenters. The van der Waals surface area contributed by atoms with Crippen LogP contribution in [0.2, 0.25) is 0 Å². The van der Waals surface area contributed by atoms with Gasteiger partial charge in [0, 0.05) is 37.7 Å². The fraction of sp³-hybridized carbons (Fsp3) is 0.571. The van der Waals surface area contributed by atoms with E-state index < -0.39 is 5.92 Å². The Morgan fingerprint density at radius 3 is 2.67 bits per heavy atom. The maximum absolute atomic E-state index is 13.2. The second kappa shape index (κ2) is 4.19. The molecule has 98 valence electrons. The van der Waals surface area contributed by atoms with Crippen LogP contribution in [0.5, 0.6) is 0 Å². The Labute approximate surface area is 106 Å². The molecule has 0 amide bonds. The van der Waals surface area contributed by atoms with Crippen molar-refractivity contribution < 1.29 is 8.78 Å². The molecule has 18 heavy (non-hydrogen) atoms. The van der Waals surface area contributed by atoms with Crippen LogP contribution in [-0.4, -0.2) is 19.0 Å². The number of benzene rings is 1. The van der Waals surface area contributed by atoms with E-state index in [1.807, 2.05) is 12.1 Å². The Bertz CT molecular complexity index is 449. The van der Waals surface area contributed by atoms with Crippen LogP contribution in [-0.2, 0) is 6.42 Å². The minimum absolute atomic E-state index is 0.0390. The second-order valence-corrected chi connectivity index (χ2v) is 5.33. The van der Waals surface area contributed by atoms with Gasteiger partial charge in [-0.05, 0) is 30.0 Å². The lowest BCUT2D eigenvalue weighted by Gasteiger charge is -2.34. The number of piperidine rings is 1. The second-order valence-electron chi connectivity index (χ2n) is 5.33. The highest BCUT2D eigenvalue weighted by molar-refractivity contribution is 5.59. The van der Waals surface area contributed by atoms with Crippen LogP contribution in [0.25, 0.3) is 0 Å². The zero-order valence-electron chi connectivity index (χ0n) is 10.3. The van der Waals surface area contributed by atoms with Gasteiger partial charge in [-0.15, -0.1) is 0 Å². The molecule has 0 bridgehead atoms. The van der Waals surface area contributed by atoms with Crippen LogP contribution in [0.4, 0.5) is 14.5 Å². The molecule has 4 heteroatoms. The Hall–Kier alpha value is -1.16. The molecule has 1 unspecified atom stereocenters. The Morgan fingerprint density at radius 1 is 1.22 bits per heavy atom. The van der Waals surface area contributed by atoms with Gasteiger partial charge in [0.25, 0.3) is 5.92 Å². The predicted molar refractivity (Wildman–Crippen MR) is 68.1 cm³/mol. The number of anilines is 1. The summed E-state index contributed by atoms with van der Waals surface area (Å²) in [7, 11) is 0. The molecule has 0 radical (unpaired) electrons. The largest absolute Gasteiger partial charge is 0.371 e. The summed E-state index contributed by atoms with van der Waals surface area (Å²) in [6, 6.07) is 6.22. The third kappa shape index (κ3) is 1.99. The predicted octanol–water partition coefficient (Wildman–Crippen LogP) is 2.87. The molecular weight excluding hydrogens is 234 g/mol. The number of nitrogens with zero attached hydrogens (tertiary/aromatic N) is 1. The fourth-order valence-electron chi connectivity index (χ4n) is 3.04. The monoisotopic (exact) mass is 252 g/mol. The van der Waals surface area contributed by atoms with Gasteiger partial charge in [-0.25, -0.2) is 8.78 Å². The van der Waals surface area contributed by atoms with Crippen LogP contribution >= 0.6 is 0 Å². The molecule has 0 aromatic heterocycles. The highest BCUT2D eigenvalue weighted by Crippen LogP contribution is 2.38. The lowest BCUT2D eigenvalue weighted by Crippen LogP contribution is -2.39. The molecule has 0 saturated carbocycles. The molecule has 1 aromatic carbocycles. The standard InChI is InChI=1S/C14H18F2N2/c15-14(16)6-8-18(9-7-14)13-3-1-2-10-11(13)4-5-12(10)17/h1-3,12H,4-9,17H2. The zero-order valence-corrected chi connectivity index (χ0v) is 10.3.